The first-order chi connectivity index (χ1) is 17.2. The van der Waals surface area contributed by atoms with E-state index in [1.54, 1.807) is 37.3 Å². The summed E-state index contributed by atoms with van der Waals surface area (Å²) in [7, 11) is 1.45. The number of aromatic nitrogens is 1. The van der Waals surface area contributed by atoms with E-state index >= 15 is 0 Å². The molecule has 0 saturated heterocycles. The summed E-state index contributed by atoms with van der Waals surface area (Å²) in [4.78, 5) is 26.8. The highest BCUT2D eigenvalue weighted by atomic mass is 19.4. The molecule has 1 aromatic heterocycles. The number of halogens is 3. The molecule has 4 aromatic carbocycles. The van der Waals surface area contributed by atoms with Gasteiger partial charge >= 0.3 is 6.18 Å². The molecule has 36 heavy (non-hydrogen) atoms. The predicted octanol–water partition coefficient (Wildman–Crippen LogP) is 7.00. The third-order valence-electron chi connectivity index (χ3n) is 6.75. The zero-order valence-electron chi connectivity index (χ0n) is 19.4. The molecule has 0 N–H and O–H groups in total. The maximum Gasteiger partial charge on any atom is 0.416 e. The lowest BCUT2D eigenvalue weighted by atomic mass is 9.96. The number of benzene rings is 4. The van der Waals surface area contributed by atoms with Gasteiger partial charge in [0, 0.05) is 17.8 Å². The molecule has 178 valence electrons. The van der Waals surface area contributed by atoms with E-state index in [9.17, 15) is 22.8 Å². The Morgan fingerprint density at radius 3 is 2.22 bits per heavy atom. The Morgan fingerprint density at radius 1 is 0.750 bits per heavy atom. The summed E-state index contributed by atoms with van der Waals surface area (Å²) in [5, 5.41) is 1.61. The molecule has 6 rings (SSSR count). The molecule has 0 bridgehead atoms. The van der Waals surface area contributed by atoms with Crippen LogP contribution in [-0.2, 0) is 6.18 Å². The first-order valence-corrected chi connectivity index (χ1v) is 11.3. The van der Waals surface area contributed by atoms with Gasteiger partial charge in [-0.2, -0.15) is 13.2 Å². The van der Waals surface area contributed by atoms with Gasteiger partial charge < -0.3 is 4.57 Å². The van der Waals surface area contributed by atoms with E-state index in [0.717, 1.165) is 32.8 Å². The van der Waals surface area contributed by atoms with E-state index in [-0.39, 0.29) is 11.8 Å². The second kappa shape index (κ2) is 7.55. The molecular formula is C29H19F3N2O2. The molecule has 2 amide bonds. The largest absolute Gasteiger partial charge is 0.416 e. The molecule has 0 radical (unpaired) electrons. The Hall–Kier alpha value is -4.39. The van der Waals surface area contributed by atoms with Crippen molar-refractivity contribution >= 4 is 33.6 Å². The quantitative estimate of drug-likeness (QED) is 0.253. The highest BCUT2D eigenvalue weighted by molar-refractivity contribution is 6.24. The molecule has 0 unspecified atom stereocenters. The summed E-state index contributed by atoms with van der Waals surface area (Å²) in [6, 6.07) is 22.3. The van der Waals surface area contributed by atoms with Crippen molar-refractivity contribution in [3.63, 3.8) is 0 Å². The molecule has 1 aliphatic heterocycles. The van der Waals surface area contributed by atoms with Gasteiger partial charge in [-0.1, -0.05) is 42.5 Å². The summed E-state index contributed by atoms with van der Waals surface area (Å²) in [6.45, 7) is 1.65. The highest BCUT2D eigenvalue weighted by Crippen LogP contribution is 2.41. The lowest BCUT2D eigenvalue weighted by molar-refractivity contribution is -0.137. The van der Waals surface area contributed by atoms with E-state index in [0.29, 0.717) is 33.5 Å². The Morgan fingerprint density at radius 2 is 1.44 bits per heavy atom. The fourth-order valence-electron chi connectivity index (χ4n) is 5.19. The summed E-state index contributed by atoms with van der Waals surface area (Å²) < 4.78 is 42.8. The maximum absolute atomic E-state index is 13.6. The van der Waals surface area contributed by atoms with Gasteiger partial charge in [0.15, 0.2) is 0 Å². The number of carbonyl (C=O) groups is 2. The van der Waals surface area contributed by atoms with Gasteiger partial charge in [-0.15, -0.1) is 0 Å². The first kappa shape index (κ1) is 22.1. The molecule has 4 nitrogen and oxygen atoms in total. The van der Waals surface area contributed by atoms with Crippen LogP contribution in [0, 0.1) is 6.92 Å². The van der Waals surface area contributed by atoms with Gasteiger partial charge in [0.05, 0.1) is 33.4 Å². The molecule has 7 heteroatoms. The molecule has 0 spiro atoms. The number of aryl methyl sites for hydroxylation is 1. The third kappa shape index (κ3) is 3.09. The second-order valence-corrected chi connectivity index (χ2v) is 9.01. The molecule has 5 aromatic rings. The third-order valence-corrected chi connectivity index (χ3v) is 6.75. The molecule has 2 heterocycles. The van der Waals surface area contributed by atoms with Crippen LogP contribution in [0.5, 0.6) is 0 Å². The van der Waals surface area contributed by atoms with Crippen LogP contribution in [0.4, 0.5) is 13.2 Å². The minimum Gasteiger partial charge on any atom is -0.308 e. The van der Waals surface area contributed by atoms with Crippen molar-refractivity contribution in [3.05, 3.63) is 101 Å². The van der Waals surface area contributed by atoms with E-state index in [1.165, 1.54) is 13.1 Å². The van der Waals surface area contributed by atoms with Gasteiger partial charge in [-0.25, -0.2) is 0 Å². The number of hydrogen-bond donors (Lipinski definition) is 0. The van der Waals surface area contributed by atoms with E-state index < -0.39 is 11.7 Å². The van der Waals surface area contributed by atoms with Crippen LogP contribution in [0.2, 0.25) is 0 Å². The van der Waals surface area contributed by atoms with Gasteiger partial charge in [-0.05, 0) is 60.0 Å². The number of para-hydroxylation sites is 1. The molecule has 0 fully saturated rings. The number of carbonyl (C=O) groups excluding carboxylic acids is 2. The van der Waals surface area contributed by atoms with Gasteiger partial charge in [0.2, 0.25) is 0 Å². The molecule has 1 aliphatic rings. The summed E-state index contributed by atoms with van der Waals surface area (Å²) >= 11 is 0. The van der Waals surface area contributed by atoms with Crippen LogP contribution >= 0.6 is 0 Å². The SMILES string of the molecule is Cc1cc(-c2cccc3c2c2ccccc2n3-c2cccc3c2C(=O)N(C)C3=O)cc(C(F)(F)F)c1. The van der Waals surface area contributed by atoms with Crippen LogP contribution in [0.25, 0.3) is 38.6 Å². The molecular weight excluding hydrogens is 465 g/mol. The Bertz CT molecular complexity index is 1750. The summed E-state index contributed by atoms with van der Waals surface area (Å²) in [5.74, 6) is -0.751. The Kier molecular flexibility index (Phi) is 4.64. The van der Waals surface area contributed by atoms with Crippen molar-refractivity contribution in [2.24, 2.45) is 0 Å². The molecule has 0 atom stereocenters. The van der Waals surface area contributed by atoms with Crippen molar-refractivity contribution in [2.45, 2.75) is 13.1 Å². The van der Waals surface area contributed by atoms with Gasteiger partial charge in [0.1, 0.15) is 0 Å². The summed E-state index contributed by atoms with van der Waals surface area (Å²) in [5.41, 5.74) is 3.63. The van der Waals surface area contributed by atoms with Crippen LogP contribution in [0.3, 0.4) is 0 Å². The fraction of sp³-hybridized carbons (Fsp3) is 0.103. The van der Waals surface area contributed by atoms with Crippen molar-refractivity contribution in [1.29, 1.82) is 0 Å². The smallest absolute Gasteiger partial charge is 0.308 e. The minimum absolute atomic E-state index is 0.313. The number of hydrogen-bond acceptors (Lipinski definition) is 2. The Labute approximate surface area is 204 Å². The monoisotopic (exact) mass is 484 g/mol. The average Bonchev–Trinajstić information content (AvgIpc) is 3.31. The van der Waals surface area contributed by atoms with Crippen LogP contribution < -0.4 is 0 Å². The van der Waals surface area contributed by atoms with E-state index in [1.807, 2.05) is 41.0 Å². The zero-order chi connectivity index (χ0) is 25.4. The van der Waals surface area contributed by atoms with E-state index in [2.05, 4.69) is 0 Å². The van der Waals surface area contributed by atoms with E-state index in [4.69, 9.17) is 0 Å². The van der Waals surface area contributed by atoms with Crippen molar-refractivity contribution in [1.82, 2.24) is 9.47 Å². The standard InChI is InChI=1S/C29H19F3N2O2/c1-16-13-17(15-18(14-16)29(30,31)32)19-8-5-11-23-25(19)20-7-3-4-10-22(20)34(23)24-12-6-9-21-26(24)28(36)33(2)27(21)35/h3-15H,1-2H3. The predicted molar refractivity (Wildman–Crippen MR) is 132 cm³/mol. The first-order valence-electron chi connectivity index (χ1n) is 11.3. The zero-order valence-corrected chi connectivity index (χ0v) is 19.4. The van der Waals surface area contributed by atoms with Crippen molar-refractivity contribution in [2.75, 3.05) is 7.05 Å². The van der Waals surface area contributed by atoms with Crippen LogP contribution in [0.1, 0.15) is 31.8 Å². The number of alkyl halides is 3. The number of amides is 2. The number of imide groups is 1. The normalized spacial score (nSPS) is 13.8. The number of nitrogens with zero attached hydrogens (tertiary/aromatic N) is 2. The van der Waals surface area contributed by atoms with Crippen LogP contribution in [0.15, 0.2) is 78.9 Å². The fourth-order valence-corrected chi connectivity index (χ4v) is 5.19. The minimum atomic E-state index is -4.47. The molecule has 0 aliphatic carbocycles. The van der Waals surface area contributed by atoms with Gasteiger partial charge in [0.25, 0.3) is 11.8 Å². The van der Waals surface area contributed by atoms with Crippen molar-refractivity contribution < 1.29 is 22.8 Å². The maximum atomic E-state index is 13.6. The number of fused-ring (bicyclic) bond motifs is 4. The lowest BCUT2D eigenvalue weighted by Gasteiger charge is -2.13. The molecule has 0 saturated carbocycles. The average molecular weight is 484 g/mol. The summed E-state index contributed by atoms with van der Waals surface area (Å²) in [6.07, 6.45) is -4.47. The van der Waals surface area contributed by atoms with Crippen molar-refractivity contribution in [3.8, 4) is 16.8 Å². The van der Waals surface area contributed by atoms with Gasteiger partial charge in [-0.3, -0.25) is 14.5 Å². The lowest BCUT2D eigenvalue weighted by Crippen LogP contribution is -2.24. The highest BCUT2D eigenvalue weighted by Gasteiger charge is 2.36. The van der Waals surface area contributed by atoms with Crippen LogP contribution in [-0.4, -0.2) is 28.3 Å². The topological polar surface area (TPSA) is 42.3 Å². The Balaban J connectivity index is 1.72. The second-order valence-electron chi connectivity index (χ2n) is 9.01. The number of rotatable bonds is 2.